The number of hydrogen-bond acceptors (Lipinski definition) is 9. The molecule has 6 rings (SSSR count). The van der Waals surface area contributed by atoms with Crippen LogP contribution in [0.3, 0.4) is 0 Å². The van der Waals surface area contributed by atoms with Gasteiger partial charge < -0.3 is 29.3 Å². The molecular formula is C30H31N7O5. The first kappa shape index (κ1) is 27.1. The van der Waals surface area contributed by atoms with E-state index < -0.39 is 6.09 Å². The van der Waals surface area contributed by atoms with Crippen LogP contribution in [0.1, 0.15) is 17.5 Å². The number of amides is 2. The molecule has 1 saturated heterocycles. The second-order valence-electron chi connectivity index (χ2n) is 9.98. The van der Waals surface area contributed by atoms with Gasteiger partial charge in [-0.25, -0.2) is 14.8 Å². The fourth-order valence-electron chi connectivity index (χ4n) is 4.99. The smallest absolute Gasteiger partial charge is 0.410 e. The first-order chi connectivity index (χ1) is 20.6. The fourth-order valence-corrected chi connectivity index (χ4v) is 4.99. The SMILES string of the molecule is O=C(CC1CN(C(=O)OCc2ccccc2)CCN1c1ccnc(-n2ccnc2)n1)NCc1ccc2c(c1)OCCO2. The van der Waals surface area contributed by atoms with Crippen molar-refractivity contribution in [3.05, 3.63) is 90.6 Å². The van der Waals surface area contributed by atoms with Crippen LogP contribution in [0.2, 0.25) is 0 Å². The van der Waals surface area contributed by atoms with Gasteiger partial charge in [0.1, 0.15) is 32.0 Å². The maximum absolute atomic E-state index is 13.2. The summed E-state index contributed by atoms with van der Waals surface area (Å²) < 4.78 is 18.6. The van der Waals surface area contributed by atoms with Gasteiger partial charge in [0.25, 0.3) is 0 Å². The molecule has 2 aliphatic heterocycles. The highest BCUT2D eigenvalue weighted by atomic mass is 16.6. The number of nitrogens with zero attached hydrogens (tertiary/aromatic N) is 6. The minimum Gasteiger partial charge on any atom is -0.486 e. The third-order valence-electron chi connectivity index (χ3n) is 7.12. The molecule has 2 aliphatic rings. The summed E-state index contributed by atoms with van der Waals surface area (Å²) in [4.78, 5) is 43.1. The van der Waals surface area contributed by atoms with E-state index in [4.69, 9.17) is 19.2 Å². The van der Waals surface area contributed by atoms with Gasteiger partial charge in [0.2, 0.25) is 11.9 Å². The summed E-state index contributed by atoms with van der Waals surface area (Å²) in [6.45, 7) is 2.73. The van der Waals surface area contributed by atoms with Crippen molar-refractivity contribution >= 4 is 17.8 Å². The van der Waals surface area contributed by atoms with Gasteiger partial charge in [-0.3, -0.25) is 9.36 Å². The molecule has 4 aromatic rings. The zero-order valence-electron chi connectivity index (χ0n) is 23.0. The number of ether oxygens (including phenoxy) is 3. The highest BCUT2D eigenvalue weighted by molar-refractivity contribution is 5.77. The Bertz CT molecular complexity index is 1520. The summed E-state index contributed by atoms with van der Waals surface area (Å²) >= 11 is 0. The molecule has 0 aliphatic carbocycles. The van der Waals surface area contributed by atoms with Gasteiger partial charge in [0.05, 0.1) is 6.04 Å². The molecule has 2 amide bonds. The van der Waals surface area contributed by atoms with Crippen molar-refractivity contribution in [3.8, 4) is 17.4 Å². The molecule has 0 saturated carbocycles. The molecule has 42 heavy (non-hydrogen) atoms. The Morgan fingerprint density at radius 1 is 0.976 bits per heavy atom. The predicted molar refractivity (Wildman–Crippen MR) is 152 cm³/mol. The van der Waals surface area contributed by atoms with Crippen molar-refractivity contribution < 1.29 is 23.8 Å². The van der Waals surface area contributed by atoms with Gasteiger partial charge >= 0.3 is 6.09 Å². The largest absolute Gasteiger partial charge is 0.486 e. The molecule has 216 valence electrons. The highest BCUT2D eigenvalue weighted by Gasteiger charge is 2.33. The Morgan fingerprint density at radius 3 is 2.67 bits per heavy atom. The van der Waals surface area contributed by atoms with Gasteiger partial charge in [-0.05, 0) is 29.3 Å². The van der Waals surface area contributed by atoms with Crippen molar-refractivity contribution in [2.75, 3.05) is 37.7 Å². The molecule has 1 N–H and O–H groups in total. The van der Waals surface area contributed by atoms with Crippen LogP contribution < -0.4 is 19.7 Å². The number of anilines is 1. The van der Waals surface area contributed by atoms with E-state index in [1.165, 1.54) is 0 Å². The molecule has 0 bridgehead atoms. The van der Waals surface area contributed by atoms with E-state index in [-0.39, 0.29) is 25.0 Å². The minimum absolute atomic E-state index is 0.150. The number of benzene rings is 2. The predicted octanol–water partition coefficient (Wildman–Crippen LogP) is 2.97. The Kier molecular flexibility index (Phi) is 8.11. The van der Waals surface area contributed by atoms with Crippen LogP contribution in [0.15, 0.2) is 79.5 Å². The monoisotopic (exact) mass is 569 g/mol. The molecule has 12 heteroatoms. The first-order valence-corrected chi connectivity index (χ1v) is 13.8. The van der Waals surface area contributed by atoms with Crippen molar-refractivity contribution in [1.82, 2.24) is 29.7 Å². The highest BCUT2D eigenvalue weighted by Crippen LogP contribution is 2.30. The van der Waals surface area contributed by atoms with E-state index in [0.717, 1.165) is 11.1 Å². The van der Waals surface area contributed by atoms with Crippen LogP contribution in [0.4, 0.5) is 10.6 Å². The standard InChI is InChI=1S/C30H31N7O5/c38-28(33-18-23-6-7-25-26(16-23)41-15-14-40-25)17-24-19-35(30(39)42-20-22-4-2-1-3-5-22)12-13-37(24)27-8-9-32-29(34-27)36-11-10-31-21-36/h1-11,16,21,24H,12-15,17-20H2,(H,33,38). The average Bonchev–Trinajstić information content (AvgIpc) is 3.59. The Labute approximate surface area is 242 Å². The van der Waals surface area contributed by atoms with Gasteiger partial charge in [-0.2, -0.15) is 4.98 Å². The Morgan fingerprint density at radius 2 is 1.83 bits per heavy atom. The summed E-state index contributed by atoms with van der Waals surface area (Å²) in [7, 11) is 0. The van der Waals surface area contributed by atoms with Crippen LogP contribution >= 0.6 is 0 Å². The summed E-state index contributed by atoms with van der Waals surface area (Å²) in [6, 6.07) is 16.7. The molecule has 1 unspecified atom stereocenters. The van der Waals surface area contributed by atoms with E-state index in [1.807, 2.05) is 59.5 Å². The minimum atomic E-state index is -0.415. The molecule has 0 radical (unpaired) electrons. The number of carbonyl (C=O) groups excluding carboxylic acids is 2. The molecule has 1 fully saturated rings. The molecule has 4 heterocycles. The zero-order valence-corrected chi connectivity index (χ0v) is 23.0. The van der Waals surface area contributed by atoms with Crippen molar-refractivity contribution in [2.45, 2.75) is 25.6 Å². The van der Waals surface area contributed by atoms with E-state index >= 15 is 0 Å². The second-order valence-corrected chi connectivity index (χ2v) is 9.98. The number of nitrogens with one attached hydrogen (secondary N) is 1. The quantitative estimate of drug-likeness (QED) is 0.341. The molecule has 2 aromatic heterocycles. The van der Waals surface area contributed by atoms with Crippen LogP contribution in [0.25, 0.3) is 5.95 Å². The molecule has 12 nitrogen and oxygen atoms in total. The van der Waals surface area contributed by atoms with Crippen molar-refractivity contribution in [1.29, 1.82) is 0 Å². The topological polar surface area (TPSA) is 124 Å². The number of imidazole rings is 1. The zero-order chi connectivity index (χ0) is 28.7. The molecule has 2 aromatic carbocycles. The molecule has 0 spiro atoms. The molecule has 1 atom stereocenters. The average molecular weight is 570 g/mol. The third-order valence-corrected chi connectivity index (χ3v) is 7.12. The van der Waals surface area contributed by atoms with E-state index in [1.54, 1.807) is 34.4 Å². The maximum atomic E-state index is 13.2. The van der Waals surface area contributed by atoms with E-state index in [2.05, 4.69) is 15.3 Å². The van der Waals surface area contributed by atoms with Gasteiger partial charge in [-0.15, -0.1) is 0 Å². The normalized spacial score (nSPS) is 16.1. The number of hydrogen-bond donors (Lipinski definition) is 1. The van der Waals surface area contributed by atoms with E-state index in [0.29, 0.717) is 62.7 Å². The maximum Gasteiger partial charge on any atom is 0.410 e. The fraction of sp³-hybridized carbons (Fsp3) is 0.300. The van der Waals surface area contributed by atoms with Crippen molar-refractivity contribution in [2.24, 2.45) is 0 Å². The number of aromatic nitrogens is 4. The summed E-state index contributed by atoms with van der Waals surface area (Å²) in [5, 5.41) is 3.01. The van der Waals surface area contributed by atoms with E-state index in [9.17, 15) is 9.59 Å². The summed E-state index contributed by atoms with van der Waals surface area (Å²) in [5.74, 6) is 2.36. The lowest BCUT2D eigenvalue weighted by molar-refractivity contribution is -0.121. The summed E-state index contributed by atoms with van der Waals surface area (Å²) in [5.41, 5.74) is 1.81. The number of fused-ring (bicyclic) bond motifs is 1. The van der Waals surface area contributed by atoms with Gasteiger partial charge in [0, 0.05) is 51.2 Å². The Hall–Kier alpha value is -5.13. The van der Waals surface area contributed by atoms with Crippen molar-refractivity contribution in [3.63, 3.8) is 0 Å². The van der Waals surface area contributed by atoms with Crippen LogP contribution in [0.5, 0.6) is 11.5 Å². The molecular weight excluding hydrogens is 538 g/mol. The first-order valence-electron chi connectivity index (χ1n) is 13.8. The van der Waals surface area contributed by atoms with Gasteiger partial charge in [0.15, 0.2) is 11.5 Å². The second kappa shape index (κ2) is 12.6. The third kappa shape index (κ3) is 6.43. The van der Waals surface area contributed by atoms with Crippen LogP contribution in [-0.2, 0) is 22.7 Å². The lowest BCUT2D eigenvalue weighted by atomic mass is 10.1. The number of carbonyl (C=O) groups is 2. The van der Waals surface area contributed by atoms with Crippen LogP contribution in [0, 0.1) is 0 Å². The Balaban J connectivity index is 1.15. The number of rotatable bonds is 8. The van der Waals surface area contributed by atoms with Crippen LogP contribution in [-0.4, -0.2) is 75.3 Å². The lowest BCUT2D eigenvalue weighted by Gasteiger charge is -2.41. The van der Waals surface area contributed by atoms with Gasteiger partial charge in [-0.1, -0.05) is 36.4 Å². The number of piperazine rings is 1. The lowest BCUT2D eigenvalue weighted by Crippen LogP contribution is -2.56. The summed E-state index contributed by atoms with van der Waals surface area (Å²) in [6.07, 6.45) is 6.46.